The molecule has 162 valence electrons. The molecule has 1 aliphatic heterocycles. The van der Waals surface area contributed by atoms with Crippen LogP contribution in [0.15, 0.2) is 35.3 Å². The SMILES string of the molecule is CCNC(=NCCNC(=O)c1ccccc1)NC1CCN(C(=O)OCC)CC1.I. The first-order chi connectivity index (χ1) is 13.6. The monoisotopic (exact) mass is 517 g/mol. The average molecular weight is 517 g/mol. The average Bonchev–Trinajstić information content (AvgIpc) is 2.72. The second-order valence-corrected chi connectivity index (χ2v) is 6.49. The molecular formula is C20H32IN5O3. The Labute approximate surface area is 189 Å². The summed E-state index contributed by atoms with van der Waals surface area (Å²) in [6.45, 7) is 7.26. The molecule has 0 spiro atoms. The number of nitrogens with zero attached hydrogens (tertiary/aromatic N) is 2. The third kappa shape index (κ3) is 8.88. The van der Waals surface area contributed by atoms with E-state index < -0.39 is 0 Å². The van der Waals surface area contributed by atoms with E-state index in [4.69, 9.17) is 4.74 Å². The van der Waals surface area contributed by atoms with Gasteiger partial charge >= 0.3 is 6.09 Å². The number of hydrogen-bond donors (Lipinski definition) is 3. The van der Waals surface area contributed by atoms with Crippen LogP contribution in [0, 0.1) is 0 Å². The predicted octanol–water partition coefficient (Wildman–Crippen LogP) is 2.21. The molecular weight excluding hydrogens is 485 g/mol. The minimum absolute atomic E-state index is 0. The smallest absolute Gasteiger partial charge is 0.409 e. The first-order valence-electron chi connectivity index (χ1n) is 9.93. The third-order valence-electron chi connectivity index (χ3n) is 4.41. The molecule has 2 rings (SSSR count). The number of carbonyl (C=O) groups is 2. The first-order valence-corrected chi connectivity index (χ1v) is 9.93. The highest BCUT2D eigenvalue weighted by atomic mass is 127. The van der Waals surface area contributed by atoms with Gasteiger partial charge in [0.25, 0.3) is 5.91 Å². The summed E-state index contributed by atoms with van der Waals surface area (Å²) < 4.78 is 5.05. The third-order valence-corrected chi connectivity index (χ3v) is 4.41. The van der Waals surface area contributed by atoms with Crippen molar-refractivity contribution in [2.75, 3.05) is 39.3 Å². The molecule has 1 saturated heterocycles. The lowest BCUT2D eigenvalue weighted by atomic mass is 10.1. The van der Waals surface area contributed by atoms with E-state index in [1.807, 2.05) is 32.0 Å². The molecule has 1 aliphatic rings. The number of guanidine groups is 1. The van der Waals surface area contributed by atoms with Crippen LogP contribution in [0.5, 0.6) is 0 Å². The minimum atomic E-state index is -0.240. The van der Waals surface area contributed by atoms with Gasteiger partial charge in [-0.05, 0) is 38.8 Å². The van der Waals surface area contributed by atoms with E-state index in [9.17, 15) is 9.59 Å². The molecule has 0 radical (unpaired) electrons. The molecule has 0 saturated carbocycles. The van der Waals surface area contributed by atoms with Gasteiger partial charge in [0.2, 0.25) is 0 Å². The number of likely N-dealkylation sites (tertiary alicyclic amines) is 1. The fraction of sp³-hybridized carbons (Fsp3) is 0.550. The molecule has 1 aromatic rings. The lowest BCUT2D eigenvalue weighted by Gasteiger charge is -2.32. The molecule has 1 heterocycles. The second-order valence-electron chi connectivity index (χ2n) is 6.49. The summed E-state index contributed by atoms with van der Waals surface area (Å²) >= 11 is 0. The number of carbonyl (C=O) groups excluding carboxylic acids is 2. The normalized spacial score (nSPS) is 14.6. The van der Waals surface area contributed by atoms with Crippen LogP contribution >= 0.6 is 24.0 Å². The number of piperidine rings is 1. The Kier molecular flexibility index (Phi) is 12.1. The van der Waals surface area contributed by atoms with Crippen molar-refractivity contribution in [3.63, 3.8) is 0 Å². The molecule has 9 heteroatoms. The van der Waals surface area contributed by atoms with Crippen molar-refractivity contribution in [3.05, 3.63) is 35.9 Å². The van der Waals surface area contributed by atoms with E-state index in [0.29, 0.717) is 38.3 Å². The molecule has 1 fully saturated rings. The van der Waals surface area contributed by atoms with E-state index in [1.165, 1.54) is 0 Å². The maximum atomic E-state index is 12.0. The zero-order valence-corrected chi connectivity index (χ0v) is 19.5. The van der Waals surface area contributed by atoms with Crippen LogP contribution < -0.4 is 16.0 Å². The lowest BCUT2D eigenvalue weighted by molar-refractivity contribution is 0.0949. The molecule has 29 heavy (non-hydrogen) atoms. The molecule has 0 atom stereocenters. The van der Waals surface area contributed by atoms with Crippen LogP contribution in [0.4, 0.5) is 4.79 Å². The Bertz CT molecular complexity index is 649. The highest BCUT2D eigenvalue weighted by Gasteiger charge is 2.23. The van der Waals surface area contributed by atoms with Gasteiger partial charge in [0.05, 0.1) is 13.2 Å². The van der Waals surface area contributed by atoms with Crippen LogP contribution in [-0.4, -0.2) is 68.2 Å². The van der Waals surface area contributed by atoms with Crippen LogP contribution in [-0.2, 0) is 4.74 Å². The van der Waals surface area contributed by atoms with Crippen molar-refractivity contribution in [3.8, 4) is 0 Å². The summed E-state index contributed by atoms with van der Waals surface area (Å²) in [5.41, 5.74) is 0.643. The molecule has 2 amide bonds. The van der Waals surface area contributed by atoms with Crippen molar-refractivity contribution in [1.82, 2.24) is 20.9 Å². The van der Waals surface area contributed by atoms with Gasteiger partial charge in [-0.1, -0.05) is 18.2 Å². The van der Waals surface area contributed by atoms with E-state index in [-0.39, 0.29) is 42.0 Å². The van der Waals surface area contributed by atoms with Gasteiger partial charge in [0.15, 0.2) is 5.96 Å². The van der Waals surface area contributed by atoms with Gasteiger partial charge in [-0.3, -0.25) is 9.79 Å². The van der Waals surface area contributed by atoms with E-state index in [0.717, 1.165) is 25.3 Å². The predicted molar refractivity (Wildman–Crippen MR) is 125 cm³/mol. The summed E-state index contributed by atoms with van der Waals surface area (Å²) in [6.07, 6.45) is 1.44. The van der Waals surface area contributed by atoms with Crippen LogP contribution in [0.2, 0.25) is 0 Å². The molecule has 0 unspecified atom stereocenters. The molecule has 3 N–H and O–H groups in total. The summed E-state index contributed by atoms with van der Waals surface area (Å²) in [5.74, 6) is 0.631. The fourth-order valence-corrected chi connectivity index (χ4v) is 2.96. The summed E-state index contributed by atoms with van der Waals surface area (Å²) in [7, 11) is 0. The van der Waals surface area contributed by atoms with E-state index in [1.54, 1.807) is 17.0 Å². The number of aliphatic imine (C=N–C) groups is 1. The van der Waals surface area contributed by atoms with E-state index in [2.05, 4.69) is 20.9 Å². The zero-order valence-electron chi connectivity index (χ0n) is 17.1. The van der Waals surface area contributed by atoms with Crippen molar-refractivity contribution in [1.29, 1.82) is 0 Å². The summed E-state index contributed by atoms with van der Waals surface area (Å²) in [6, 6.07) is 9.38. The Balaban J connectivity index is 0.00000420. The Morgan fingerprint density at radius 3 is 2.45 bits per heavy atom. The van der Waals surface area contributed by atoms with E-state index >= 15 is 0 Å². The second kappa shape index (κ2) is 14.0. The topological polar surface area (TPSA) is 95.1 Å². The number of ether oxygens (including phenoxy) is 1. The Morgan fingerprint density at radius 1 is 1.14 bits per heavy atom. The van der Waals surface area contributed by atoms with Gasteiger partial charge in [0, 0.05) is 37.8 Å². The molecule has 0 aromatic heterocycles. The number of rotatable bonds is 7. The highest BCUT2D eigenvalue weighted by molar-refractivity contribution is 14.0. The van der Waals surface area contributed by atoms with Crippen molar-refractivity contribution in [2.45, 2.75) is 32.7 Å². The Morgan fingerprint density at radius 2 is 1.83 bits per heavy atom. The van der Waals surface area contributed by atoms with Crippen molar-refractivity contribution in [2.24, 2.45) is 4.99 Å². The fourth-order valence-electron chi connectivity index (χ4n) is 2.96. The maximum Gasteiger partial charge on any atom is 0.409 e. The number of halogens is 1. The molecule has 0 aliphatic carbocycles. The van der Waals surface area contributed by atoms with Crippen LogP contribution in [0.3, 0.4) is 0 Å². The zero-order chi connectivity index (χ0) is 20.2. The van der Waals surface area contributed by atoms with Crippen LogP contribution in [0.1, 0.15) is 37.0 Å². The molecule has 8 nitrogen and oxygen atoms in total. The number of nitrogens with one attached hydrogen (secondary N) is 3. The maximum absolute atomic E-state index is 12.0. The molecule has 1 aromatic carbocycles. The van der Waals surface area contributed by atoms with Gasteiger partial charge in [-0.15, -0.1) is 24.0 Å². The minimum Gasteiger partial charge on any atom is -0.450 e. The molecule has 0 bridgehead atoms. The number of benzene rings is 1. The van der Waals surface area contributed by atoms with Crippen molar-refractivity contribution >= 4 is 41.9 Å². The number of hydrogen-bond acceptors (Lipinski definition) is 4. The van der Waals surface area contributed by atoms with Gasteiger partial charge in [-0.2, -0.15) is 0 Å². The first kappa shape index (κ1) is 25.0. The van der Waals surface area contributed by atoms with Gasteiger partial charge < -0.3 is 25.6 Å². The van der Waals surface area contributed by atoms with Gasteiger partial charge in [0.1, 0.15) is 0 Å². The largest absolute Gasteiger partial charge is 0.450 e. The lowest BCUT2D eigenvalue weighted by Crippen LogP contribution is -2.50. The summed E-state index contributed by atoms with van der Waals surface area (Å²) in [5, 5.41) is 9.51. The van der Waals surface area contributed by atoms with Crippen LogP contribution in [0.25, 0.3) is 0 Å². The summed E-state index contributed by atoms with van der Waals surface area (Å²) in [4.78, 5) is 30.1. The van der Waals surface area contributed by atoms with Crippen molar-refractivity contribution < 1.29 is 14.3 Å². The number of amides is 2. The Hall–Kier alpha value is -2.04. The van der Waals surface area contributed by atoms with Gasteiger partial charge in [-0.25, -0.2) is 4.79 Å². The quantitative estimate of drug-likeness (QED) is 0.223. The standard InChI is InChI=1S/C20H31N5O3.HI/c1-3-21-19(23-13-12-22-18(26)16-8-6-5-7-9-16)24-17-10-14-25(15-11-17)20(27)28-4-2;/h5-9,17H,3-4,10-15H2,1-2H3,(H,22,26)(H2,21,23,24);1H. The highest BCUT2D eigenvalue weighted by Crippen LogP contribution is 2.11.